The Bertz CT molecular complexity index is 696. The third-order valence-corrected chi connectivity index (χ3v) is 6.59. The van der Waals surface area contributed by atoms with Gasteiger partial charge in [0.05, 0.1) is 11.0 Å². The molecule has 1 aromatic carbocycles. The monoisotopic (exact) mass is 366 g/mol. The van der Waals surface area contributed by atoms with E-state index in [1.54, 1.807) is 17.0 Å². The highest BCUT2D eigenvalue weighted by Crippen LogP contribution is 2.23. The lowest BCUT2D eigenvalue weighted by Crippen LogP contribution is -2.31. The molecule has 0 bridgehead atoms. The lowest BCUT2D eigenvalue weighted by molar-refractivity contribution is 0.0765. The molecular weight excluding hydrogens is 340 g/mol. The second-order valence-corrected chi connectivity index (χ2v) is 8.84. The molecule has 138 valence electrons. The molecule has 6 nitrogen and oxygen atoms in total. The van der Waals surface area contributed by atoms with E-state index in [1.165, 1.54) is 31.4 Å². The molecule has 7 heteroatoms. The summed E-state index contributed by atoms with van der Waals surface area (Å²) in [6.45, 7) is 1.35. The Labute approximate surface area is 149 Å². The summed E-state index contributed by atoms with van der Waals surface area (Å²) >= 11 is 0. The SMILES string of the molecule is O=C(c1ccc(S(=O)(=O)NCC2CCCCC2)cc1)N1CC[C@@H](O)C1. The van der Waals surface area contributed by atoms with Crippen molar-refractivity contribution in [1.29, 1.82) is 0 Å². The number of aliphatic hydroxyl groups excluding tert-OH is 1. The summed E-state index contributed by atoms with van der Waals surface area (Å²) in [6, 6.07) is 6.04. The van der Waals surface area contributed by atoms with Gasteiger partial charge in [-0.3, -0.25) is 4.79 Å². The van der Waals surface area contributed by atoms with E-state index in [-0.39, 0.29) is 10.8 Å². The number of sulfonamides is 1. The van der Waals surface area contributed by atoms with Crippen molar-refractivity contribution in [1.82, 2.24) is 9.62 Å². The lowest BCUT2D eigenvalue weighted by atomic mass is 9.90. The smallest absolute Gasteiger partial charge is 0.253 e. The molecule has 1 aliphatic heterocycles. The van der Waals surface area contributed by atoms with Crippen LogP contribution in [0.2, 0.25) is 0 Å². The van der Waals surface area contributed by atoms with Gasteiger partial charge in [0.2, 0.25) is 10.0 Å². The molecule has 1 saturated heterocycles. The van der Waals surface area contributed by atoms with Crippen LogP contribution in [-0.2, 0) is 10.0 Å². The molecule has 0 unspecified atom stereocenters. The molecule has 1 aliphatic carbocycles. The maximum absolute atomic E-state index is 12.4. The van der Waals surface area contributed by atoms with Gasteiger partial charge in [-0.25, -0.2) is 13.1 Å². The molecule has 1 heterocycles. The highest BCUT2D eigenvalue weighted by molar-refractivity contribution is 7.89. The van der Waals surface area contributed by atoms with Crippen molar-refractivity contribution in [3.05, 3.63) is 29.8 Å². The molecule has 2 fully saturated rings. The van der Waals surface area contributed by atoms with Crippen molar-refractivity contribution in [2.45, 2.75) is 49.5 Å². The highest BCUT2D eigenvalue weighted by atomic mass is 32.2. The molecule has 1 aromatic rings. The van der Waals surface area contributed by atoms with Crippen LogP contribution in [0.25, 0.3) is 0 Å². The Morgan fingerprint density at radius 3 is 2.40 bits per heavy atom. The van der Waals surface area contributed by atoms with Gasteiger partial charge in [-0.05, 0) is 49.4 Å². The molecule has 0 spiro atoms. The normalized spacial score (nSPS) is 22.3. The maximum Gasteiger partial charge on any atom is 0.253 e. The Hall–Kier alpha value is -1.44. The number of aliphatic hydroxyl groups is 1. The summed E-state index contributed by atoms with van der Waals surface area (Å²) in [6.07, 6.45) is 5.88. The summed E-state index contributed by atoms with van der Waals surface area (Å²) in [5.74, 6) is 0.252. The van der Waals surface area contributed by atoms with Crippen molar-refractivity contribution in [3.63, 3.8) is 0 Å². The molecule has 1 saturated carbocycles. The van der Waals surface area contributed by atoms with Crippen molar-refractivity contribution < 1.29 is 18.3 Å². The number of carbonyl (C=O) groups excluding carboxylic acids is 1. The van der Waals surface area contributed by atoms with Crippen LogP contribution in [0.5, 0.6) is 0 Å². The molecule has 0 aromatic heterocycles. The van der Waals surface area contributed by atoms with Gasteiger partial charge in [0.15, 0.2) is 0 Å². The van der Waals surface area contributed by atoms with E-state index in [4.69, 9.17) is 0 Å². The summed E-state index contributed by atoms with van der Waals surface area (Å²) in [5, 5.41) is 9.53. The van der Waals surface area contributed by atoms with Gasteiger partial charge >= 0.3 is 0 Å². The van der Waals surface area contributed by atoms with Crippen molar-refractivity contribution in [3.8, 4) is 0 Å². The average Bonchev–Trinajstić information content (AvgIpc) is 3.07. The highest BCUT2D eigenvalue weighted by Gasteiger charge is 2.26. The van der Waals surface area contributed by atoms with Crippen LogP contribution in [0.15, 0.2) is 29.2 Å². The van der Waals surface area contributed by atoms with Crippen LogP contribution in [0.1, 0.15) is 48.9 Å². The molecule has 2 aliphatic rings. The number of β-amino-alcohol motifs (C(OH)–C–C–N with tert-alkyl or cyclic N) is 1. The van der Waals surface area contributed by atoms with Crippen LogP contribution >= 0.6 is 0 Å². The number of hydrogen-bond acceptors (Lipinski definition) is 4. The third-order valence-electron chi connectivity index (χ3n) is 5.15. The minimum absolute atomic E-state index is 0.171. The van der Waals surface area contributed by atoms with Crippen LogP contribution in [0, 0.1) is 5.92 Å². The topological polar surface area (TPSA) is 86.7 Å². The molecule has 0 radical (unpaired) electrons. The predicted molar refractivity (Wildman–Crippen MR) is 94.7 cm³/mol. The average molecular weight is 366 g/mol. The van der Waals surface area contributed by atoms with E-state index < -0.39 is 16.1 Å². The Morgan fingerprint density at radius 2 is 1.80 bits per heavy atom. The van der Waals surface area contributed by atoms with Gasteiger partial charge in [-0.2, -0.15) is 0 Å². The molecular formula is C18H26N2O4S. The van der Waals surface area contributed by atoms with E-state index in [2.05, 4.69) is 4.72 Å². The Balaban J connectivity index is 1.61. The molecule has 1 amide bonds. The minimum Gasteiger partial charge on any atom is -0.391 e. The van der Waals surface area contributed by atoms with E-state index >= 15 is 0 Å². The summed E-state index contributed by atoms with van der Waals surface area (Å²) in [5.41, 5.74) is 0.445. The van der Waals surface area contributed by atoms with Crippen LogP contribution < -0.4 is 4.72 Å². The number of nitrogens with zero attached hydrogens (tertiary/aromatic N) is 1. The summed E-state index contributed by atoms with van der Waals surface area (Å²) < 4.78 is 27.5. The van der Waals surface area contributed by atoms with Gasteiger partial charge in [-0.15, -0.1) is 0 Å². The standard InChI is InChI=1S/C18H26N2O4S/c21-16-10-11-20(13-16)18(22)15-6-8-17(9-7-15)25(23,24)19-12-14-4-2-1-3-5-14/h6-9,14,16,19,21H,1-5,10-13H2/t16-/m1/s1. The van der Waals surface area contributed by atoms with Crippen LogP contribution in [0.4, 0.5) is 0 Å². The molecule has 2 N–H and O–H groups in total. The minimum atomic E-state index is -3.54. The van der Waals surface area contributed by atoms with Gasteiger partial charge in [-0.1, -0.05) is 19.3 Å². The number of likely N-dealkylation sites (tertiary alicyclic amines) is 1. The second-order valence-electron chi connectivity index (χ2n) is 7.07. The largest absolute Gasteiger partial charge is 0.391 e. The first-order chi connectivity index (χ1) is 12.0. The van der Waals surface area contributed by atoms with Crippen molar-refractivity contribution >= 4 is 15.9 Å². The number of amides is 1. The maximum atomic E-state index is 12.4. The fourth-order valence-corrected chi connectivity index (χ4v) is 4.70. The van der Waals surface area contributed by atoms with Crippen LogP contribution in [-0.4, -0.2) is 50.1 Å². The lowest BCUT2D eigenvalue weighted by Gasteiger charge is -2.21. The van der Waals surface area contributed by atoms with Crippen molar-refractivity contribution in [2.24, 2.45) is 5.92 Å². The quantitative estimate of drug-likeness (QED) is 0.831. The molecule has 1 atom stereocenters. The second kappa shape index (κ2) is 7.85. The van der Waals surface area contributed by atoms with Crippen LogP contribution in [0.3, 0.4) is 0 Å². The van der Waals surface area contributed by atoms with Crippen molar-refractivity contribution in [2.75, 3.05) is 19.6 Å². The number of rotatable bonds is 5. The fourth-order valence-electron chi connectivity index (χ4n) is 3.59. The third kappa shape index (κ3) is 4.59. The zero-order chi connectivity index (χ0) is 17.9. The summed E-state index contributed by atoms with van der Waals surface area (Å²) in [7, 11) is -3.54. The van der Waals surface area contributed by atoms with E-state index in [1.807, 2.05) is 0 Å². The zero-order valence-corrected chi connectivity index (χ0v) is 15.2. The van der Waals surface area contributed by atoms with E-state index in [0.717, 1.165) is 12.8 Å². The van der Waals surface area contributed by atoms with Gasteiger partial charge in [0, 0.05) is 25.2 Å². The van der Waals surface area contributed by atoms with Gasteiger partial charge < -0.3 is 10.0 Å². The Kier molecular flexibility index (Phi) is 5.76. The van der Waals surface area contributed by atoms with Gasteiger partial charge in [0.1, 0.15) is 0 Å². The first-order valence-corrected chi connectivity index (χ1v) is 10.5. The predicted octanol–water partition coefficient (Wildman–Crippen LogP) is 1.75. The molecule has 3 rings (SSSR count). The van der Waals surface area contributed by atoms with E-state index in [9.17, 15) is 18.3 Å². The Morgan fingerprint density at radius 1 is 1.12 bits per heavy atom. The zero-order valence-electron chi connectivity index (χ0n) is 14.4. The first kappa shape index (κ1) is 18.4. The number of carbonyl (C=O) groups is 1. The van der Waals surface area contributed by atoms with Gasteiger partial charge in [0.25, 0.3) is 5.91 Å². The first-order valence-electron chi connectivity index (χ1n) is 9.03. The number of nitrogens with one attached hydrogen (secondary N) is 1. The molecule has 25 heavy (non-hydrogen) atoms. The summed E-state index contributed by atoms with van der Waals surface area (Å²) in [4.78, 5) is 14.1. The number of hydrogen-bond donors (Lipinski definition) is 2. The van der Waals surface area contributed by atoms with E-state index in [0.29, 0.717) is 37.5 Å². The fraction of sp³-hybridized carbons (Fsp3) is 0.611. The number of benzene rings is 1.